The van der Waals surface area contributed by atoms with Crippen LogP contribution in [0.3, 0.4) is 0 Å². The summed E-state index contributed by atoms with van der Waals surface area (Å²) in [5.74, 6) is -0.293. The number of hydrogen-bond donors (Lipinski definition) is 2. The predicted molar refractivity (Wildman–Crippen MR) is 94.0 cm³/mol. The van der Waals surface area contributed by atoms with E-state index >= 15 is 0 Å². The number of oxazole rings is 1. The van der Waals surface area contributed by atoms with E-state index in [1.165, 1.54) is 13.3 Å². The van der Waals surface area contributed by atoms with Gasteiger partial charge in [0.2, 0.25) is 16.0 Å². The molecule has 10 nitrogen and oxygen atoms in total. The van der Waals surface area contributed by atoms with Crippen molar-refractivity contribution in [1.82, 2.24) is 14.3 Å². The molecule has 0 fully saturated rings. The molecule has 3 N–H and O–H groups in total. The summed E-state index contributed by atoms with van der Waals surface area (Å²) in [4.78, 5) is 24.7. The lowest BCUT2D eigenvalue weighted by molar-refractivity contribution is 0.102. The van der Waals surface area contributed by atoms with E-state index in [9.17, 15) is 13.2 Å². The maximum absolute atomic E-state index is 12.3. The van der Waals surface area contributed by atoms with Gasteiger partial charge in [-0.1, -0.05) is 6.07 Å². The zero-order valence-corrected chi connectivity index (χ0v) is 15.2. The van der Waals surface area contributed by atoms with Gasteiger partial charge in [-0.3, -0.25) is 4.79 Å². The Morgan fingerprint density at radius 1 is 1.38 bits per heavy atom. The molecule has 3 rings (SSSR count). The number of sulfonamides is 1. The van der Waals surface area contributed by atoms with Gasteiger partial charge in [-0.05, 0) is 19.1 Å². The Kier molecular flexibility index (Phi) is 4.18. The zero-order valence-electron chi connectivity index (χ0n) is 14.4. The lowest BCUT2D eigenvalue weighted by Crippen LogP contribution is -2.50. The lowest BCUT2D eigenvalue weighted by atomic mass is 10.0. The first-order valence-electron chi connectivity index (χ1n) is 7.64. The van der Waals surface area contributed by atoms with Gasteiger partial charge in [0.25, 0.3) is 5.91 Å². The summed E-state index contributed by atoms with van der Waals surface area (Å²) >= 11 is 0. The summed E-state index contributed by atoms with van der Waals surface area (Å²) in [7, 11) is -2.27. The number of pyridine rings is 1. The van der Waals surface area contributed by atoms with E-state index < -0.39 is 21.5 Å². The molecule has 0 spiro atoms. The molecule has 0 saturated carbocycles. The molecule has 0 radical (unpaired) electrons. The van der Waals surface area contributed by atoms with Gasteiger partial charge >= 0.3 is 0 Å². The maximum atomic E-state index is 12.3. The van der Waals surface area contributed by atoms with E-state index in [4.69, 9.17) is 10.2 Å². The van der Waals surface area contributed by atoms with Crippen molar-refractivity contribution in [2.24, 2.45) is 10.7 Å². The summed E-state index contributed by atoms with van der Waals surface area (Å²) in [5, 5.41) is 2.60. The number of carbonyl (C=O) groups excluding carboxylic acids is 1. The van der Waals surface area contributed by atoms with Crippen LogP contribution >= 0.6 is 0 Å². The summed E-state index contributed by atoms with van der Waals surface area (Å²) in [5.41, 5.74) is 5.06. The van der Waals surface area contributed by atoms with E-state index in [1.807, 2.05) is 0 Å². The van der Waals surface area contributed by atoms with Crippen LogP contribution in [0.15, 0.2) is 33.9 Å². The molecule has 26 heavy (non-hydrogen) atoms. The molecule has 1 aliphatic heterocycles. The number of nitrogens with one attached hydrogen (secondary N) is 1. The monoisotopic (exact) mass is 378 g/mol. The van der Waals surface area contributed by atoms with Gasteiger partial charge in [0, 0.05) is 14.0 Å². The predicted octanol–water partition coefficient (Wildman–Crippen LogP) is 0.435. The smallest absolute Gasteiger partial charge is 0.278 e. The van der Waals surface area contributed by atoms with Gasteiger partial charge in [-0.2, -0.15) is 0 Å². The molecular weight excluding hydrogens is 360 g/mol. The van der Waals surface area contributed by atoms with Crippen molar-refractivity contribution in [2.45, 2.75) is 19.4 Å². The van der Waals surface area contributed by atoms with Crippen LogP contribution in [0.5, 0.6) is 0 Å². The highest BCUT2D eigenvalue weighted by Gasteiger charge is 2.41. The number of nitrogens with two attached hydrogens (primary N) is 1. The van der Waals surface area contributed by atoms with Crippen molar-refractivity contribution in [1.29, 1.82) is 0 Å². The molecule has 1 amide bonds. The summed E-state index contributed by atoms with van der Waals surface area (Å²) in [6, 6.07) is 4.86. The second kappa shape index (κ2) is 6.09. The molecule has 1 aliphatic rings. The van der Waals surface area contributed by atoms with Gasteiger partial charge in [-0.25, -0.2) is 27.7 Å². The van der Waals surface area contributed by atoms with Crippen LogP contribution in [0.25, 0.3) is 0 Å². The summed E-state index contributed by atoms with van der Waals surface area (Å²) in [6.45, 7) is 3.25. The number of nitrogens with zero attached hydrogens (tertiary/aromatic N) is 4. The Hall–Kier alpha value is -2.95. The molecule has 1 atom stereocenters. The Labute approximate surface area is 150 Å². The van der Waals surface area contributed by atoms with Crippen LogP contribution in [-0.4, -0.2) is 47.4 Å². The van der Waals surface area contributed by atoms with Gasteiger partial charge < -0.3 is 15.5 Å². The number of guanidine groups is 1. The van der Waals surface area contributed by atoms with Crippen molar-refractivity contribution >= 4 is 27.7 Å². The van der Waals surface area contributed by atoms with Gasteiger partial charge in [0.1, 0.15) is 23.4 Å². The topological polar surface area (TPSA) is 144 Å². The van der Waals surface area contributed by atoms with Crippen LogP contribution in [0.4, 0.5) is 5.82 Å². The average molecular weight is 378 g/mol. The number of amides is 1. The van der Waals surface area contributed by atoms with Crippen LogP contribution in [0.2, 0.25) is 0 Å². The minimum atomic E-state index is -3.61. The van der Waals surface area contributed by atoms with Crippen LogP contribution in [-0.2, 0) is 15.6 Å². The molecule has 0 aliphatic carbocycles. The molecule has 138 valence electrons. The highest BCUT2D eigenvalue weighted by Crippen LogP contribution is 2.31. The first-order valence-corrected chi connectivity index (χ1v) is 9.25. The molecule has 0 bridgehead atoms. The minimum Gasteiger partial charge on any atom is -0.448 e. The van der Waals surface area contributed by atoms with Crippen LogP contribution in [0, 0.1) is 6.92 Å². The number of aryl methyl sites for hydroxylation is 1. The maximum Gasteiger partial charge on any atom is 0.278 e. The fourth-order valence-corrected chi connectivity index (χ4v) is 3.98. The standard InChI is InChI=1S/C15H18N6O4S/c1-9-17-10(7-25-9)13(22)19-12-6-4-5-11(18-12)15(2)8-26(23,24)21(3)14(16)20-15/h4-7H,8H2,1-3H3,(H2,16,20)(H,18,19,22)/t15-/m0/s1. The first-order chi connectivity index (χ1) is 12.1. The zero-order chi connectivity index (χ0) is 19.1. The fourth-order valence-electron chi connectivity index (χ4n) is 2.53. The highest BCUT2D eigenvalue weighted by molar-refractivity contribution is 7.89. The Morgan fingerprint density at radius 2 is 2.12 bits per heavy atom. The van der Waals surface area contributed by atoms with Gasteiger partial charge in [-0.15, -0.1) is 0 Å². The third-order valence-electron chi connectivity index (χ3n) is 3.96. The first kappa shape index (κ1) is 17.9. The number of carbonyl (C=O) groups is 1. The molecule has 2 aromatic heterocycles. The molecule has 3 heterocycles. The molecule has 0 unspecified atom stereocenters. The third kappa shape index (κ3) is 3.25. The third-order valence-corrected chi connectivity index (χ3v) is 5.91. The number of rotatable bonds is 3. The van der Waals surface area contributed by atoms with Gasteiger partial charge in [0.05, 0.1) is 5.69 Å². The SMILES string of the molecule is Cc1nc(C(=O)Nc2cccc([C@]3(C)CS(=O)(=O)N(C)C(N)=N3)n2)co1. The van der Waals surface area contributed by atoms with E-state index in [2.05, 4.69) is 20.3 Å². The van der Waals surface area contributed by atoms with Crippen LogP contribution in [0.1, 0.15) is 29.0 Å². The summed E-state index contributed by atoms with van der Waals surface area (Å²) < 4.78 is 30.5. The molecule has 2 aromatic rings. The van der Waals surface area contributed by atoms with E-state index in [-0.39, 0.29) is 23.2 Å². The number of aromatic nitrogens is 2. The Morgan fingerprint density at radius 3 is 2.73 bits per heavy atom. The normalized spacial score (nSPS) is 22.0. The van der Waals surface area contributed by atoms with Crippen molar-refractivity contribution in [3.63, 3.8) is 0 Å². The Balaban J connectivity index is 1.91. The van der Waals surface area contributed by atoms with Gasteiger partial charge in [0.15, 0.2) is 11.6 Å². The van der Waals surface area contributed by atoms with E-state index in [1.54, 1.807) is 32.0 Å². The lowest BCUT2D eigenvalue weighted by Gasteiger charge is -2.33. The van der Waals surface area contributed by atoms with E-state index in [0.29, 0.717) is 11.6 Å². The average Bonchev–Trinajstić information content (AvgIpc) is 2.99. The summed E-state index contributed by atoms with van der Waals surface area (Å²) in [6.07, 6.45) is 1.24. The highest BCUT2D eigenvalue weighted by atomic mass is 32.2. The number of anilines is 1. The molecule has 11 heteroatoms. The largest absolute Gasteiger partial charge is 0.448 e. The Bertz CT molecular complexity index is 999. The molecular formula is C15H18N6O4S. The van der Waals surface area contributed by atoms with Crippen molar-refractivity contribution in [3.05, 3.63) is 41.7 Å². The fraction of sp³-hybridized carbons (Fsp3) is 0.333. The number of aliphatic imine (C=N–C) groups is 1. The molecule has 0 aromatic carbocycles. The minimum absolute atomic E-state index is 0.116. The van der Waals surface area contributed by atoms with Crippen LogP contribution < -0.4 is 11.1 Å². The number of hydrogen-bond acceptors (Lipinski definition) is 8. The second-order valence-corrected chi connectivity index (χ2v) is 8.08. The molecule has 0 saturated heterocycles. The second-order valence-electron chi connectivity index (χ2n) is 6.08. The van der Waals surface area contributed by atoms with Crippen molar-refractivity contribution < 1.29 is 17.6 Å². The quantitative estimate of drug-likeness (QED) is 0.788. The van der Waals surface area contributed by atoms with Crippen molar-refractivity contribution in [2.75, 3.05) is 18.1 Å². The van der Waals surface area contributed by atoms with E-state index in [0.717, 1.165) is 4.31 Å². The van der Waals surface area contributed by atoms with Crippen molar-refractivity contribution in [3.8, 4) is 0 Å².